The zero-order chi connectivity index (χ0) is 15.4. The van der Waals surface area contributed by atoms with Crippen LogP contribution in [0.2, 0.25) is 0 Å². The predicted octanol–water partition coefficient (Wildman–Crippen LogP) is 2.82. The summed E-state index contributed by atoms with van der Waals surface area (Å²) in [6, 6.07) is 5.64. The van der Waals surface area contributed by atoms with E-state index in [1.54, 1.807) is 18.5 Å². The highest BCUT2D eigenvalue weighted by Gasteiger charge is 2.20. The molecule has 0 saturated heterocycles. The first-order chi connectivity index (χ1) is 10.0. The third-order valence-corrected chi connectivity index (χ3v) is 3.34. The van der Waals surface area contributed by atoms with Gasteiger partial charge in [0, 0.05) is 31.2 Å². The van der Waals surface area contributed by atoms with Crippen LogP contribution in [0.1, 0.15) is 34.1 Å². The number of nitrogens with zero attached hydrogens (tertiary/aromatic N) is 3. The Morgan fingerprint density at radius 3 is 2.52 bits per heavy atom. The number of aromatic carboxylic acids is 1. The number of hydrogen-bond acceptors (Lipinski definition) is 4. The Labute approximate surface area is 124 Å². The van der Waals surface area contributed by atoms with Gasteiger partial charge >= 0.3 is 5.97 Å². The van der Waals surface area contributed by atoms with E-state index < -0.39 is 5.97 Å². The van der Waals surface area contributed by atoms with Crippen LogP contribution < -0.4 is 4.90 Å². The van der Waals surface area contributed by atoms with E-state index in [1.165, 1.54) is 0 Å². The van der Waals surface area contributed by atoms with E-state index >= 15 is 0 Å². The molecule has 0 saturated carbocycles. The number of carbonyl (C=O) groups is 1. The van der Waals surface area contributed by atoms with Gasteiger partial charge in [-0.25, -0.2) is 9.78 Å². The highest BCUT2D eigenvalue weighted by atomic mass is 16.4. The van der Waals surface area contributed by atoms with Gasteiger partial charge in [0.15, 0.2) is 0 Å². The van der Waals surface area contributed by atoms with Crippen LogP contribution in [0.15, 0.2) is 30.6 Å². The third-order valence-electron chi connectivity index (χ3n) is 3.34. The zero-order valence-corrected chi connectivity index (χ0v) is 12.5. The van der Waals surface area contributed by atoms with E-state index in [1.807, 2.05) is 37.8 Å². The Hall–Kier alpha value is -2.43. The van der Waals surface area contributed by atoms with Crippen molar-refractivity contribution in [2.45, 2.75) is 27.3 Å². The summed E-state index contributed by atoms with van der Waals surface area (Å²) in [5.74, 6) is -0.414. The highest BCUT2D eigenvalue weighted by Crippen LogP contribution is 2.24. The molecule has 2 aromatic heterocycles. The molecule has 1 N–H and O–H groups in total. The normalized spacial score (nSPS) is 10.4. The maximum absolute atomic E-state index is 11.6. The monoisotopic (exact) mass is 285 g/mol. The van der Waals surface area contributed by atoms with Crippen LogP contribution in [0.5, 0.6) is 0 Å². The fraction of sp³-hybridized carbons (Fsp3) is 0.312. The van der Waals surface area contributed by atoms with E-state index in [4.69, 9.17) is 0 Å². The molecule has 0 amide bonds. The largest absolute Gasteiger partial charge is 0.478 e. The lowest BCUT2D eigenvalue weighted by Crippen LogP contribution is -2.26. The molecule has 110 valence electrons. The lowest BCUT2D eigenvalue weighted by molar-refractivity contribution is 0.0696. The Morgan fingerprint density at radius 1 is 1.29 bits per heavy atom. The molecule has 0 spiro atoms. The molecule has 0 aliphatic carbocycles. The Balaban J connectivity index is 2.44. The van der Waals surface area contributed by atoms with Gasteiger partial charge in [-0.3, -0.25) is 4.98 Å². The molecule has 5 nitrogen and oxygen atoms in total. The summed E-state index contributed by atoms with van der Waals surface area (Å²) >= 11 is 0. The molecule has 0 aliphatic heterocycles. The Morgan fingerprint density at radius 2 is 1.95 bits per heavy atom. The summed E-state index contributed by atoms with van der Waals surface area (Å²) in [5.41, 5.74) is 2.90. The number of pyridine rings is 2. The molecule has 2 aromatic rings. The van der Waals surface area contributed by atoms with Gasteiger partial charge in [0.25, 0.3) is 0 Å². The predicted molar refractivity (Wildman–Crippen MR) is 81.6 cm³/mol. The Kier molecular flexibility index (Phi) is 4.52. The van der Waals surface area contributed by atoms with Gasteiger partial charge in [0.1, 0.15) is 11.4 Å². The van der Waals surface area contributed by atoms with Gasteiger partial charge in [-0.15, -0.1) is 0 Å². The zero-order valence-electron chi connectivity index (χ0n) is 12.5. The van der Waals surface area contributed by atoms with Crippen LogP contribution in [0.3, 0.4) is 0 Å². The standard InChI is InChI=1S/C16H19N3O2/c1-4-19(10-13-5-7-17-8-6-13)15-14(16(20)21)11(2)9-12(3)18-15/h5-9H,4,10H2,1-3H3,(H,20,21). The van der Waals surface area contributed by atoms with Gasteiger partial charge in [0.2, 0.25) is 0 Å². The molecule has 2 rings (SSSR count). The van der Waals surface area contributed by atoms with Crippen molar-refractivity contribution in [1.82, 2.24) is 9.97 Å². The lowest BCUT2D eigenvalue weighted by Gasteiger charge is -2.24. The molecular weight excluding hydrogens is 266 g/mol. The van der Waals surface area contributed by atoms with Crippen LogP contribution in [-0.4, -0.2) is 27.6 Å². The van der Waals surface area contributed by atoms with Crippen LogP contribution in [0.25, 0.3) is 0 Å². The number of aryl methyl sites for hydroxylation is 2. The summed E-state index contributed by atoms with van der Waals surface area (Å²) in [7, 11) is 0. The van der Waals surface area contributed by atoms with Crippen LogP contribution >= 0.6 is 0 Å². The third kappa shape index (κ3) is 3.37. The maximum atomic E-state index is 11.6. The molecule has 0 unspecified atom stereocenters. The molecule has 5 heteroatoms. The van der Waals surface area contributed by atoms with Crippen molar-refractivity contribution in [3.8, 4) is 0 Å². The van der Waals surface area contributed by atoms with Crippen molar-refractivity contribution in [3.63, 3.8) is 0 Å². The van der Waals surface area contributed by atoms with Crippen molar-refractivity contribution < 1.29 is 9.90 Å². The fourth-order valence-corrected chi connectivity index (χ4v) is 2.36. The smallest absolute Gasteiger partial charge is 0.339 e. The molecule has 0 aromatic carbocycles. The van der Waals surface area contributed by atoms with E-state index in [0.717, 1.165) is 16.8 Å². The Bertz CT molecular complexity index is 641. The van der Waals surface area contributed by atoms with E-state index in [-0.39, 0.29) is 5.56 Å². The number of anilines is 1. The SMILES string of the molecule is CCN(Cc1ccncc1)c1nc(C)cc(C)c1C(=O)O. The van der Waals surface area contributed by atoms with Crippen LogP contribution in [0, 0.1) is 13.8 Å². The minimum atomic E-state index is -0.942. The lowest BCUT2D eigenvalue weighted by atomic mass is 10.1. The number of carboxylic acids is 1. The highest BCUT2D eigenvalue weighted by molar-refractivity contribution is 5.95. The van der Waals surface area contributed by atoms with Gasteiger partial charge in [-0.1, -0.05) is 0 Å². The summed E-state index contributed by atoms with van der Waals surface area (Å²) in [4.78, 5) is 22.0. The minimum absolute atomic E-state index is 0.275. The van der Waals surface area contributed by atoms with Crippen LogP contribution in [-0.2, 0) is 6.54 Å². The van der Waals surface area contributed by atoms with E-state index in [0.29, 0.717) is 18.9 Å². The summed E-state index contributed by atoms with van der Waals surface area (Å²) in [6.45, 7) is 6.96. The van der Waals surface area contributed by atoms with Gasteiger partial charge in [-0.05, 0) is 50.1 Å². The molecule has 0 radical (unpaired) electrons. The first kappa shape index (κ1) is 15.0. The van der Waals surface area contributed by atoms with Gasteiger partial charge in [0.05, 0.1) is 0 Å². The average molecular weight is 285 g/mol. The van der Waals surface area contributed by atoms with Gasteiger partial charge in [-0.2, -0.15) is 0 Å². The molecule has 0 atom stereocenters. The molecular formula is C16H19N3O2. The second-order valence-electron chi connectivity index (χ2n) is 4.95. The molecule has 21 heavy (non-hydrogen) atoms. The van der Waals surface area contributed by atoms with E-state index in [2.05, 4.69) is 9.97 Å². The quantitative estimate of drug-likeness (QED) is 0.915. The number of carboxylic acid groups (broad SMARTS) is 1. The first-order valence-corrected chi connectivity index (χ1v) is 6.88. The summed E-state index contributed by atoms with van der Waals surface area (Å²) in [6.07, 6.45) is 3.46. The number of aromatic nitrogens is 2. The average Bonchev–Trinajstić information content (AvgIpc) is 2.44. The molecule has 2 heterocycles. The van der Waals surface area contributed by atoms with Crippen molar-refractivity contribution in [1.29, 1.82) is 0 Å². The van der Waals surface area contributed by atoms with Crippen molar-refractivity contribution in [2.75, 3.05) is 11.4 Å². The molecule has 0 fully saturated rings. The second-order valence-corrected chi connectivity index (χ2v) is 4.95. The topological polar surface area (TPSA) is 66.3 Å². The first-order valence-electron chi connectivity index (χ1n) is 6.88. The second kappa shape index (κ2) is 6.35. The van der Waals surface area contributed by atoms with Crippen molar-refractivity contribution in [2.24, 2.45) is 0 Å². The fourth-order valence-electron chi connectivity index (χ4n) is 2.36. The minimum Gasteiger partial charge on any atom is -0.478 e. The maximum Gasteiger partial charge on any atom is 0.339 e. The molecule has 0 aliphatic rings. The van der Waals surface area contributed by atoms with Crippen molar-refractivity contribution >= 4 is 11.8 Å². The van der Waals surface area contributed by atoms with Crippen molar-refractivity contribution in [3.05, 3.63) is 53.0 Å². The van der Waals surface area contributed by atoms with Gasteiger partial charge < -0.3 is 10.0 Å². The van der Waals surface area contributed by atoms with E-state index in [9.17, 15) is 9.90 Å². The molecule has 0 bridgehead atoms. The number of rotatable bonds is 5. The van der Waals surface area contributed by atoms with Crippen LogP contribution in [0.4, 0.5) is 5.82 Å². The summed E-state index contributed by atoms with van der Waals surface area (Å²) < 4.78 is 0. The summed E-state index contributed by atoms with van der Waals surface area (Å²) in [5, 5.41) is 9.47. The number of hydrogen-bond donors (Lipinski definition) is 1.